The fourth-order valence-electron chi connectivity index (χ4n) is 3.52. The van der Waals surface area contributed by atoms with E-state index in [1.54, 1.807) is 0 Å². The average Bonchev–Trinajstić information content (AvgIpc) is 2.53. The first-order chi connectivity index (χ1) is 10.6. The summed E-state index contributed by atoms with van der Waals surface area (Å²) in [5, 5.41) is 3.56. The number of allylic oxidation sites excluding steroid dienone is 2. The van der Waals surface area contributed by atoms with Crippen LogP contribution < -0.4 is 5.32 Å². The van der Waals surface area contributed by atoms with Crippen molar-refractivity contribution >= 4 is 0 Å². The van der Waals surface area contributed by atoms with Gasteiger partial charge in [-0.25, -0.2) is 0 Å². The Labute approximate surface area is 134 Å². The SMILES string of the molecule is [CH2]C1C=CC(C)(N2CCNCC2Cc2ccc(C)cc2)C=C1. The average molecular weight is 295 g/mol. The zero-order valence-electron chi connectivity index (χ0n) is 13.8. The second-order valence-corrected chi connectivity index (χ2v) is 6.85. The van der Waals surface area contributed by atoms with Crippen LogP contribution in [0.4, 0.5) is 0 Å². The van der Waals surface area contributed by atoms with Crippen LogP contribution in [-0.4, -0.2) is 36.1 Å². The molecule has 22 heavy (non-hydrogen) atoms. The maximum atomic E-state index is 4.10. The quantitative estimate of drug-likeness (QED) is 0.862. The van der Waals surface area contributed by atoms with Crippen molar-refractivity contribution in [2.24, 2.45) is 5.92 Å². The smallest absolute Gasteiger partial charge is 0.0550 e. The van der Waals surface area contributed by atoms with Crippen molar-refractivity contribution < 1.29 is 0 Å². The van der Waals surface area contributed by atoms with Gasteiger partial charge in [0.1, 0.15) is 0 Å². The van der Waals surface area contributed by atoms with E-state index in [0.717, 1.165) is 26.1 Å². The molecule has 1 aromatic carbocycles. The molecular formula is C20H27N2. The summed E-state index contributed by atoms with van der Waals surface area (Å²) in [7, 11) is 0. The first-order valence-corrected chi connectivity index (χ1v) is 8.32. The Hall–Kier alpha value is -1.38. The van der Waals surface area contributed by atoms with Crippen molar-refractivity contribution in [1.29, 1.82) is 0 Å². The molecule has 0 bridgehead atoms. The van der Waals surface area contributed by atoms with Crippen LogP contribution in [0.1, 0.15) is 18.1 Å². The van der Waals surface area contributed by atoms with Crippen LogP contribution in [0.25, 0.3) is 0 Å². The monoisotopic (exact) mass is 295 g/mol. The van der Waals surface area contributed by atoms with E-state index >= 15 is 0 Å². The zero-order chi connectivity index (χ0) is 15.6. The van der Waals surface area contributed by atoms with Gasteiger partial charge in [0.25, 0.3) is 0 Å². The molecule has 0 spiro atoms. The summed E-state index contributed by atoms with van der Waals surface area (Å²) < 4.78 is 0. The minimum absolute atomic E-state index is 0.0195. The summed E-state index contributed by atoms with van der Waals surface area (Å²) in [5.41, 5.74) is 2.77. The normalized spacial score (nSPS) is 32.3. The number of rotatable bonds is 3. The molecule has 1 aliphatic heterocycles. The van der Waals surface area contributed by atoms with E-state index in [4.69, 9.17) is 0 Å². The number of aryl methyl sites for hydroxylation is 1. The lowest BCUT2D eigenvalue weighted by Crippen LogP contribution is -2.60. The van der Waals surface area contributed by atoms with Gasteiger partial charge in [0.2, 0.25) is 0 Å². The molecule has 1 saturated heterocycles. The van der Waals surface area contributed by atoms with Gasteiger partial charge in [-0.2, -0.15) is 0 Å². The van der Waals surface area contributed by atoms with Crippen molar-refractivity contribution in [3.63, 3.8) is 0 Å². The number of nitrogens with zero attached hydrogens (tertiary/aromatic N) is 1. The number of benzene rings is 1. The lowest BCUT2D eigenvalue weighted by atomic mass is 9.87. The lowest BCUT2D eigenvalue weighted by Gasteiger charge is -2.47. The van der Waals surface area contributed by atoms with Crippen LogP contribution in [0.2, 0.25) is 0 Å². The summed E-state index contributed by atoms with van der Waals surface area (Å²) in [5.74, 6) is 0.312. The molecule has 2 aliphatic rings. The molecule has 1 atom stereocenters. The van der Waals surface area contributed by atoms with Crippen molar-refractivity contribution in [3.8, 4) is 0 Å². The molecule has 1 N–H and O–H groups in total. The van der Waals surface area contributed by atoms with Crippen LogP contribution in [0.3, 0.4) is 0 Å². The molecule has 1 radical (unpaired) electrons. The van der Waals surface area contributed by atoms with Crippen molar-refractivity contribution in [2.75, 3.05) is 19.6 Å². The highest BCUT2D eigenvalue weighted by atomic mass is 15.3. The minimum atomic E-state index is 0.0195. The second kappa shape index (κ2) is 6.39. The first-order valence-electron chi connectivity index (χ1n) is 8.32. The van der Waals surface area contributed by atoms with Crippen molar-refractivity contribution in [3.05, 3.63) is 66.6 Å². The summed E-state index contributed by atoms with van der Waals surface area (Å²) in [6, 6.07) is 9.49. The molecule has 0 amide bonds. The van der Waals surface area contributed by atoms with Crippen LogP contribution >= 0.6 is 0 Å². The zero-order valence-corrected chi connectivity index (χ0v) is 13.8. The van der Waals surface area contributed by atoms with Gasteiger partial charge in [-0.3, -0.25) is 4.90 Å². The third kappa shape index (κ3) is 3.34. The van der Waals surface area contributed by atoms with Gasteiger partial charge in [0, 0.05) is 25.7 Å². The fraction of sp³-hybridized carbons (Fsp3) is 0.450. The topological polar surface area (TPSA) is 15.3 Å². The molecule has 0 saturated carbocycles. The van der Waals surface area contributed by atoms with Gasteiger partial charge in [-0.1, -0.05) is 54.1 Å². The minimum Gasteiger partial charge on any atom is -0.314 e. The molecule has 0 aromatic heterocycles. The highest BCUT2D eigenvalue weighted by Gasteiger charge is 2.35. The lowest BCUT2D eigenvalue weighted by molar-refractivity contribution is 0.0949. The maximum Gasteiger partial charge on any atom is 0.0550 e. The number of nitrogens with one attached hydrogen (secondary N) is 1. The fourth-order valence-corrected chi connectivity index (χ4v) is 3.52. The number of hydrogen-bond donors (Lipinski definition) is 1. The van der Waals surface area contributed by atoms with E-state index in [9.17, 15) is 0 Å². The van der Waals surface area contributed by atoms with Crippen molar-refractivity contribution in [2.45, 2.75) is 31.8 Å². The molecular weight excluding hydrogens is 268 g/mol. The van der Waals surface area contributed by atoms with Gasteiger partial charge >= 0.3 is 0 Å². The molecule has 2 nitrogen and oxygen atoms in total. The van der Waals surface area contributed by atoms with Crippen LogP contribution in [0.15, 0.2) is 48.6 Å². The van der Waals surface area contributed by atoms with Gasteiger partial charge in [-0.05, 0) is 38.7 Å². The highest BCUT2D eigenvalue weighted by Crippen LogP contribution is 2.28. The van der Waals surface area contributed by atoms with E-state index in [1.165, 1.54) is 11.1 Å². The summed E-state index contributed by atoms with van der Waals surface area (Å²) in [4.78, 5) is 2.64. The highest BCUT2D eigenvalue weighted by molar-refractivity contribution is 5.27. The third-order valence-electron chi connectivity index (χ3n) is 4.92. The Bertz CT molecular complexity index is 542. The Kier molecular flexibility index (Phi) is 4.51. The Balaban J connectivity index is 1.78. The van der Waals surface area contributed by atoms with E-state index in [-0.39, 0.29) is 5.54 Å². The maximum absolute atomic E-state index is 4.10. The van der Waals surface area contributed by atoms with Gasteiger partial charge in [0.05, 0.1) is 5.54 Å². The molecule has 1 aliphatic carbocycles. The molecule has 117 valence electrons. The summed E-state index contributed by atoms with van der Waals surface area (Å²) in [6.45, 7) is 11.8. The number of piperazine rings is 1. The largest absolute Gasteiger partial charge is 0.314 e. The Morgan fingerprint density at radius 3 is 2.59 bits per heavy atom. The van der Waals surface area contributed by atoms with Crippen LogP contribution in [0, 0.1) is 19.8 Å². The van der Waals surface area contributed by atoms with E-state index in [1.807, 2.05) is 0 Å². The molecule has 1 unspecified atom stereocenters. The Morgan fingerprint density at radius 2 is 1.91 bits per heavy atom. The molecule has 2 heteroatoms. The molecule has 1 aromatic rings. The first kappa shape index (κ1) is 15.5. The van der Waals surface area contributed by atoms with Gasteiger partial charge in [-0.15, -0.1) is 0 Å². The predicted molar refractivity (Wildman–Crippen MR) is 93.8 cm³/mol. The molecule has 1 fully saturated rings. The summed E-state index contributed by atoms with van der Waals surface area (Å²) in [6.07, 6.45) is 10.2. The Morgan fingerprint density at radius 1 is 1.23 bits per heavy atom. The van der Waals surface area contributed by atoms with Gasteiger partial charge in [0.15, 0.2) is 0 Å². The second-order valence-electron chi connectivity index (χ2n) is 6.85. The number of hydrogen-bond acceptors (Lipinski definition) is 2. The van der Waals surface area contributed by atoms with E-state index < -0.39 is 0 Å². The van der Waals surface area contributed by atoms with Crippen LogP contribution in [-0.2, 0) is 6.42 Å². The van der Waals surface area contributed by atoms with Gasteiger partial charge < -0.3 is 5.32 Å². The molecule has 1 heterocycles. The predicted octanol–water partition coefficient (Wildman–Crippen LogP) is 3.15. The molecule has 3 rings (SSSR count). The summed E-state index contributed by atoms with van der Waals surface area (Å²) >= 11 is 0. The standard InChI is InChI=1S/C20H27N2/c1-16-4-6-18(7-5-16)14-19-15-21-12-13-22(19)20(3)10-8-17(2)9-11-20/h4-11,17,19,21H,2,12-15H2,1,3H3. The van der Waals surface area contributed by atoms with Crippen LogP contribution in [0.5, 0.6) is 0 Å². The van der Waals surface area contributed by atoms with E-state index in [2.05, 4.69) is 79.6 Å². The third-order valence-corrected chi connectivity index (χ3v) is 4.92. The van der Waals surface area contributed by atoms with E-state index in [0.29, 0.717) is 12.0 Å². The van der Waals surface area contributed by atoms with Crippen molar-refractivity contribution in [1.82, 2.24) is 10.2 Å².